The van der Waals surface area contributed by atoms with E-state index in [-0.39, 0.29) is 24.2 Å². The number of benzene rings is 1. The van der Waals surface area contributed by atoms with Crippen molar-refractivity contribution in [3.63, 3.8) is 0 Å². The number of hydrogen-bond donors (Lipinski definition) is 4. The van der Waals surface area contributed by atoms with E-state index in [0.717, 1.165) is 37.8 Å². The third-order valence-corrected chi connectivity index (χ3v) is 4.18. The lowest BCUT2D eigenvalue weighted by Crippen LogP contribution is -2.43. The number of halogens is 3. The fraction of sp³-hybridized carbons (Fsp3) is 0.529. The van der Waals surface area contributed by atoms with E-state index >= 15 is 0 Å². The molecule has 0 aliphatic heterocycles. The number of hydrazine groups is 1. The normalized spacial score (nSPS) is 14.6. The molecule has 1 fully saturated rings. The van der Waals surface area contributed by atoms with E-state index in [2.05, 4.69) is 21.5 Å². The summed E-state index contributed by atoms with van der Waals surface area (Å²) in [5.74, 6) is -4.80. The van der Waals surface area contributed by atoms with Gasteiger partial charge in [0.25, 0.3) is 0 Å². The van der Waals surface area contributed by atoms with Crippen LogP contribution in [0.4, 0.5) is 23.7 Å². The molecular weight excluding hydrogens is 349 g/mol. The molecule has 0 radical (unpaired) electrons. The molecule has 0 bridgehead atoms. The van der Waals surface area contributed by atoms with Crippen molar-refractivity contribution in [1.82, 2.24) is 16.1 Å². The molecule has 9 heteroatoms. The van der Waals surface area contributed by atoms with Gasteiger partial charge < -0.3 is 10.6 Å². The smallest absolute Gasteiger partial charge is 0.315 e. The van der Waals surface area contributed by atoms with Gasteiger partial charge in [0.2, 0.25) is 5.91 Å². The standard InChI is InChI=1S/C17H23F3N4O2/c18-12-8-9-13(16(20)15(12)19)23-24-14(25)7-4-10-21-17(26)22-11-5-2-1-3-6-11/h8-9,11,23H,1-7,10H2,(H,24,25)(H2,21,22,26). The maximum absolute atomic E-state index is 13.4. The predicted octanol–water partition coefficient (Wildman–Crippen LogP) is 2.96. The summed E-state index contributed by atoms with van der Waals surface area (Å²) < 4.78 is 39.3. The Morgan fingerprint density at radius 3 is 2.50 bits per heavy atom. The molecule has 0 atom stereocenters. The van der Waals surface area contributed by atoms with Gasteiger partial charge >= 0.3 is 6.03 Å². The number of anilines is 1. The van der Waals surface area contributed by atoms with Crippen LogP contribution >= 0.6 is 0 Å². The Kier molecular flexibility index (Phi) is 7.55. The van der Waals surface area contributed by atoms with Gasteiger partial charge in [0, 0.05) is 19.0 Å². The zero-order valence-corrected chi connectivity index (χ0v) is 14.3. The highest BCUT2D eigenvalue weighted by Gasteiger charge is 2.15. The fourth-order valence-electron chi connectivity index (χ4n) is 2.76. The molecule has 144 valence electrons. The van der Waals surface area contributed by atoms with Gasteiger partial charge in [-0.15, -0.1) is 0 Å². The molecule has 0 saturated heterocycles. The number of rotatable bonds is 7. The number of urea groups is 1. The van der Waals surface area contributed by atoms with E-state index in [9.17, 15) is 22.8 Å². The second kappa shape index (κ2) is 9.88. The summed E-state index contributed by atoms with van der Waals surface area (Å²) in [4.78, 5) is 23.4. The second-order valence-corrected chi connectivity index (χ2v) is 6.23. The van der Waals surface area contributed by atoms with E-state index in [0.29, 0.717) is 13.0 Å². The Morgan fingerprint density at radius 2 is 1.77 bits per heavy atom. The summed E-state index contributed by atoms with van der Waals surface area (Å²) in [6, 6.07) is 1.69. The van der Waals surface area contributed by atoms with Crippen LogP contribution in [-0.2, 0) is 4.79 Å². The van der Waals surface area contributed by atoms with E-state index in [1.54, 1.807) is 0 Å². The van der Waals surface area contributed by atoms with E-state index in [1.807, 2.05) is 0 Å². The number of carbonyl (C=O) groups is 2. The molecule has 1 aromatic rings. The van der Waals surface area contributed by atoms with Crippen molar-refractivity contribution >= 4 is 17.6 Å². The first-order valence-corrected chi connectivity index (χ1v) is 8.70. The summed E-state index contributed by atoms with van der Waals surface area (Å²) in [5.41, 5.74) is 4.02. The van der Waals surface area contributed by atoms with Crippen LogP contribution in [0, 0.1) is 17.5 Å². The first kappa shape index (κ1) is 19.9. The van der Waals surface area contributed by atoms with Gasteiger partial charge in [-0.3, -0.25) is 15.6 Å². The van der Waals surface area contributed by atoms with Gasteiger partial charge in [0.05, 0.1) is 5.69 Å². The van der Waals surface area contributed by atoms with Gasteiger partial charge in [-0.25, -0.2) is 18.0 Å². The van der Waals surface area contributed by atoms with Crippen LogP contribution in [0.1, 0.15) is 44.9 Å². The van der Waals surface area contributed by atoms with Crippen molar-refractivity contribution in [2.24, 2.45) is 0 Å². The molecule has 2 rings (SSSR count). The largest absolute Gasteiger partial charge is 0.338 e. The summed E-state index contributed by atoms with van der Waals surface area (Å²) in [5, 5.41) is 5.58. The van der Waals surface area contributed by atoms with Crippen molar-refractivity contribution in [3.8, 4) is 0 Å². The van der Waals surface area contributed by atoms with Crippen molar-refractivity contribution in [1.29, 1.82) is 0 Å². The highest BCUT2D eigenvalue weighted by atomic mass is 19.2. The highest BCUT2D eigenvalue weighted by molar-refractivity contribution is 5.77. The topological polar surface area (TPSA) is 82.3 Å². The lowest BCUT2D eigenvalue weighted by molar-refractivity contribution is -0.120. The molecule has 0 heterocycles. The lowest BCUT2D eigenvalue weighted by atomic mass is 9.96. The van der Waals surface area contributed by atoms with Gasteiger partial charge in [-0.1, -0.05) is 19.3 Å². The second-order valence-electron chi connectivity index (χ2n) is 6.23. The van der Waals surface area contributed by atoms with Gasteiger partial charge in [-0.05, 0) is 31.4 Å². The van der Waals surface area contributed by atoms with Crippen molar-refractivity contribution in [3.05, 3.63) is 29.6 Å². The third kappa shape index (κ3) is 6.12. The molecule has 3 amide bonds. The van der Waals surface area contributed by atoms with Crippen LogP contribution in [0.15, 0.2) is 12.1 Å². The van der Waals surface area contributed by atoms with Crippen LogP contribution in [0.25, 0.3) is 0 Å². The molecule has 26 heavy (non-hydrogen) atoms. The quantitative estimate of drug-likeness (QED) is 0.337. The molecule has 1 saturated carbocycles. The first-order chi connectivity index (χ1) is 12.5. The van der Waals surface area contributed by atoms with Crippen LogP contribution < -0.4 is 21.5 Å². The Balaban J connectivity index is 1.60. The van der Waals surface area contributed by atoms with Gasteiger partial charge in [0.1, 0.15) is 0 Å². The average molecular weight is 372 g/mol. The summed E-state index contributed by atoms with van der Waals surface area (Å²) in [6.07, 6.45) is 5.88. The molecular formula is C17H23F3N4O2. The van der Waals surface area contributed by atoms with Crippen LogP contribution in [-0.4, -0.2) is 24.5 Å². The summed E-state index contributed by atoms with van der Waals surface area (Å²) >= 11 is 0. The molecule has 1 aromatic carbocycles. The highest BCUT2D eigenvalue weighted by Crippen LogP contribution is 2.19. The number of carbonyl (C=O) groups excluding carboxylic acids is 2. The van der Waals surface area contributed by atoms with Crippen LogP contribution in [0.3, 0.4) is 0 Å². The van der Waals surface area contributed by atoms with Crippen molar-refractivity contribution in [2.75, 3.05) is 12.0 Å². The minimum absolute atomic E-state index is 0.0714. The maximum atomic E-state index is 13.4. The Bertz CT molecular complexity index is 637. The van der Waals surface area contributed by atoms with Crippen LogP contribution in [0.2, 0.25) is 0 Å². The summed E-state index contributed by atoms with van der Waals surface area (Å²) in [6.45, 7) is 0.311. The van der Waals surface area contributed by atoms with E-state index in [1.165, 1.54) is 6.42 Å². The SMILES string of the molecule is O=C(CCCNC(=O)NC1CCCCC1)NNc1ccc(F)c(F)c1F. The molecule has 0 unspecified atom stereocenters. The molecule has 6 nitrogen and oxygen atoms in total. The lowest BCUT2D eigenvalue weighted by Gasteiger charge is -2.22. The molecule has 0 spiro atoms. The minimum Gasteiger partial charge on any atom is -0.338 e. The molecule has 0 aromatic heterocycles. The van der Waals surface area contributed by atoms with E-state index in [4.69, 9.17) is 0 Å². The Morgan fingerprint density at radius 1 is 1.04 bits per heavy atom. The Hall–Kier alpha value is -2.45. The number of hydrogen-bond acceptors (Lipinski definition) is 3. The minimum atomic E-state index is -1.61. The van der Waals surface area contributed by atoms with Crippen LogP contribution in [0.5, 0.6) is 0 Å². The fourth-order valence-corrected chi connectivity index (χ4v) is 2.76. The average Bonchev–Trinajstić information content (AvgIpc) is 2.63. The van der Waals surface area contributed by atoms with Gasteiger partial charge in [-0.2, -0.15) is 0 Å². The number of nitrogens with one attached hydrogen (secondary N) is 4. The molecule has 4 N–H and O–H groups in total. The van der Waals surface area contributed by atoms with E-state index < -0.39 is 23.4 Å². The summed E-state index contributed by atoms with van der Waals surface area (Å²) in [7, 11) is 0. The maximum Gasteiger partial charge on any atom is 0.315 e. The van der Waals surface area contributed by atoms with Gasteiger partial charge in [0.15, 0.2) is 17.5 Å². The number of amides is 3. The zero-order chi connectivity index (χ0) is 18.9. The zero-order valence-electron chi connectivity index (χ0n) is 14.3. The molecule has 1 aliphatic carbocycles. The Labute approximate surface area is 149 Å². The van der Waals surface area contributed by atoms with Crippen molar-refractivity contribution < 1.29 is 22.8 Å². The predicted molar refractivity (Wildman–Crippen MR) is 90.7 cm³/mol. The third-order valence-electron chi connectivity index (χ3n) is 4.18. The van der Waals surface area contributed by atoms with Crippen molar-refractivity contribution in [2.45, 2.75) is 51.0 Å². The monoisotopic (exact) mass is 372 g/mol. The first-order valence-electron chi connectivity index (χ1n) is 8.70. The molecule has 1 aliphatic rings.